The number of hydrogen-bond donors (Lipinski definition) is 1. The van der Waals surface area contributed by atoms with Crippen molar-refractivity contribution in [3.8, 4) is 5.75 Å². The minimum Gasteiger partial charge on any atom is -0.475 e. The van der Waals surface area contributed by atoms with Crippen molar-refractivity contribution in [3.63, 3.8) is 0 Å². The Balaban J connectivity index is 1.63. The summed E-state index contributed by atoms with van der Waals surface area (Å²) < 4.78 is 17.9. The zero-order valence-electron chi connectivity index (χ0n) is 13.4. The van der Waals surface area contributed by atoms with Gasteiger partial charge in [0.05, 0.1) is 16.9 Å². The van der Waals surface area contributed by atoms with E-state index in [0.29, 0.717) is 5.69 Å². The molecule has 0 atom stereocenters. The topological polar surface area (TPSA) is 56.8 Å². The lowest BCUT2D eigenvalue weighted by molar-refractivity contribution is -0.125. The predicted molar refractivity (Wildman–Crippen MR) is 83.4 cm³/mol. The van der Waals surface area contributed by atoms with Gasteiger partial charge in [-0.25, -0.2) is 0 Å². The fourth-order valence-electron chi connectivity index (χ4n) is 2.80. The van der Waals surface area contributed by atoms with Gasteiger partial charge in [0.2, 0.25) is 0 Å². The Morgan fingerprint density at radius 2 is 1.73 bits per heavy atom. The van der Waals surface area contributed by atoms with Crippen molar-refractivity contribution >= 4 is 24.2 Å². The quantitative estimate of drug-likeness (QED) is 0.804. The summed E-state index contributed by atoms with van der Waals surface area (Å²) in [7, 11) is -0.441. The van der Waals surface area contributed by atoms with Crippen LogP contribution in [0.3, 0.4) is 0 Å². The van der Waals surface area contributed by atoms with Crippen LogP contribution in [0, 0.1) is 0 Å². The van der Waals surface area contributed by atoms with Crippen molar-refractivity contribution < 1.29 is 18.8 Å². The van der Waals surface area contributed by atoms with E-state index in [4.69, 9.17) is 14.0 Å². The molecule has 1 saturated heterocycles. The van der Waals surface area contributed by atoms with Gasteiger partial charge in [0.15, 0.2) is 5.60 Å². The molecule has 5 nitrogen and oxygen atoms in total. The zero-order valence-corrected chi connectivity index (χ0v) is 13.4. The second kappa shape index (κ2) is 4.06. The molecule has 2 heterocycles. The number of carbonyl (C=O) groups excluding carboxylic acids is 1. The summed E-state index contributed by atoms with van der Waals surface area (Å²) in [4.78, 5) is 12.1. The first-order valence-corrected chi connectivity index (χ1v) is 7.73. The van der Waals surface area contributed by atoms with E-state index in [1.54, 1.807) is 0 Å². The van der Waals surface area contributed by atoms with Crippen LogP contribution in [0.25, 0.3) is 0 Å². The molecule has 1 N–H and O–H groups in total. The number of amides is 1. The molecule has 116 valence electrons. The zero-order chi connectivity index (χ0) is 15.8. The molecular weight excluding hydrogens is 281 g/mol. The van der Waals surface area contributed by atoms with Gasteiger partial charge in [-0.2, -0.15) is 0 Å². The van der Waals surface area contributed by atoms with Crippen molar-refractivity contribution in [2.75, 3.05) is 5.32 Å². The monoisotopic (exact) mass is 301 g/mol. The van der Waals surface area contributed by atoms with E-state index >= 15 is 0 Å². The van der Waals surface area contributed by atoms with Crippen LogP contribution in [0.5, 0.6) is 5.75 Å². The maximum Gasteiger partial charge on any atom is 0.494 e. The van der Waals surface area contributed by atoms with Crippen molar-refractivity contribution in [1.29, 1.82) is 0 Å². The van der Waals surface area contributed by atoms with Gasteiger partial charge in [-0.05, 0) is 45.3 Å². The number of anilines is 1. The van der Waals surface area contributed by atoms with Crippen LogP contribution in [0.4, 0.5) is 5.69 Å². The highest BCUT2D eigenvalue weighted by atomic mass is 16.7. The summed E-state index contributed by atoms with van der Waals surface area (Å²) in [5.41, 5.74) is 0.193. The third kappa shape index (κ3) is 1.90. The molecule has 6 heteroatoms. The van der Waals surface area contributed by atoms with Crippen molar-refractivity contribution in [2.24, 2.45) is 0 Å². The van der Waals surface area contributed by atoms with Gasteiger partial charge in [0, 0.05) is 12.8 Å². The summed E-state index contributed by atoms with van der Waals surface area (Å²) in [6, 6.07) is 5.70. The van der Waals surface area contributed by atoms with E-state index < -0.39 is 12.7 Å². The molecule has 0 unspecified atom stereocenters. The molecule has 2 aliphatic heterocycles. The molecule has 4 rings (SSSR count). The summed E-state index contributed by atoms with van der Waals surface area (Å²) >= 11 is 0. The van der Waals surface area contributed by atoms with Gasteiger partial charge >= 0.3 is 7.12 Å². The number of rotatable bonds is 1. The summed E-state index contributed by atoms with van der Waals surface area (Å²) in [5.74, 6) is 0.670. The van der Waals surface area contributed by atoms with E-state index in [-0.39, 0.29) is 17.1 Å². The highest BCUT2D eigenvalue weighted by Gasteiger charge is 2.56. The number of hydrogen-bond acceptors (Lipinski definition) is 4. The van der Waals surface area contributed by atoms with Gasteiger partial charge in [-0.3, -0.25) is 4.79 Å². The molecular formula is C16H20BNO4. The molecule has 0 radical (unpaired) electrons. The Morgan fingerprint density at radius 1 is 1.09 bits per heavy atom. The molecule has 1 saturated carbocycles. The fraction of sp³-hybridized carbons (Fsp3) is 0.562. The van der Waals surface area contributed by atoms with Gasteiger partial charge in [0.1, 0.15) is 5.75 Å². The molecule has 1 amide bonds. The van der Waals surface area contributed by atoms with Crippen LogP contribution in [-0.2, 0) is 14.1 Å². The average molecular weight is 301 g/mol. The molecule has 0 aromatic heterocycles. The second-order valence-electron chi connectivity index (χ2n) is 7.39. The Hall–Kier alpha value is -1.53. The Morgan fingerprint density at radius 3 is 2.32 bits per heavy atom. The van der Waals surface area contributed by atoms with Crippen LogP contribution < -0.4 is 15.5 Å². The first-order valence-electron chi connectivity index (χ1n) is 7.73. The third-order valence-corrected chi connectivity index (χ3v) is 5.20. The summed E-state index contributed by atoms with van der Waals surface area (Å²) in [6.07, 6.45) is 1.58. The minimum atomic E-state index is -0.612. The molecule has 2 fully saturated rings. The first kappa shape index (κ1) is 14.1. The van der Waals surface area contributed by atoms with E-state index in [0.717, 1.165) is 24.1 Å². The molecule has 1 aliphatic carbocycles. The lowest BCUT2D eigenvalue weighted by Crippen LogP contribution is -2.41. The first-order chi connectivity index (χ1) is 10.2. The fourth-order valence-corrected chi connectivity index (χ4v) is 2.80. The van der Waals surface area contributed by atoms with Crippen molar-refractivity contribution in [3.05, 3.63) is 18.2 Å². The normalized spacial score (nSPS) is 26.4. The van der Waals surface area contributed by atoms with E-state index in [1.807, 2.05) is 45.9 Å². The predicted octanol–water partition coefficient (Wildman–Crippen LogP) is 1.85. The maximum atomic E-state index is 12.1. The number of carbonyl (C=O) groups is 1. The van der Waals surface area contributed by atoms with E-state index in [9.17, 15) is 4.79 Å². The minimum absolute atomic E-state index is 0.0499. The Bertz CT molecular complexity index is 650. The largest absolute Gasteiger partial charge is 0.494 e. The Kier molecular flexibility index (Phi) is 2.60. The SMILES string of the molecule is CC1(C)OB(c2ccc3c(c2)NC(=O)C2(CC2)O3)OC1(C)C. The molecule has 22 heavy (non-hydrogen) atoms. The second-order valence-corrected chi connectivity index (χ2v) is 7.39. The van der Waals surface area contributed by atoms with Gasteiger partial charge in [-0.1, -0.05) is 6.07 Å². The van der Waals surface area contributed by atoms with E-state index in [1.165, 1.54) is 0 Å². The standard InChI is InChI=1S/C16H20BNO4/c1-14(2)15(3,4)22-17(21-14)10-5-6-12-11(9-10)18-13(19)16(20-12)7-8-16/h5-6,9H,7-8H2,1-4H3,(H,18,19). The molecule has 0 bridgehead atoms. The van der Waals surface area contributed by atoms with Crippen LogP contribution in [0.1, 0.15) is 40.5 Å². The van der Waals surface area contributed by atoms with Crippen LogP contribution in [0.15, 0.2) is 18.2 Å². The average Bonchev–Trinajstić information content (AvgIpc) is 3.14. The smallest absolute Gasteiger partial charge is 0.475 e. The maximum absolute atomic E-state index is 12.1. The molecule has 1 aromatic rings. The van der Waals surface area contributed by atoms with E-state index in [2.05, 4.69) is 5.32 Å². The summed E-state index contributed by atoms with van der Waals surface area (Å²) in [6.45, 7) is 8.08. The number of ether oxygens (including phenoxy) is 1. The lowest BCUT2D eigenvalue weighted by Gasteiger charge is -2.32. The van der Waals surface area contributed by atoms with Gasteiger partial charge in [-0.15, -0.1) is 0 Å². The van der Waals surface area contributed by atoms with Crippen molar-refractivity contribution in [2.45, 2.75) is 57.3 Å². The van der Waals surface area contributed by atoms with Crippen LogP contribution >= 0.6 is 0 Å². The van der Waals surface area contributed by atoms with Crippen LogP contribution in [-0.4, -0.2) is 29.8 Å². The highest BCUT2D eigenvalue weighted by molar-refractivity contribution is 6.62. The molecule has 1 aromatic carbocycles. The Labute approximate surface area is 130 Å². The lowest BCUT2D eigenvalue weighted by atomic mass is 9.78. The highest BCUT2D eigenvalue weighted by Crippen LogP contribution is 2.46. The van der Waals surface area contributed by atoms with Gasteiger partial charge < -0.3 is 19.4 Å². The number of benzene rings is 1. The third-order valence-electron chi connectivity index (χ3n) is 5.20. The summed E-state index contributed by atoms with van der Waals surface area (Å²) in [5, 5.41) is 2.94. The number of fused-ring (bicyclic) bond motifs is 1. The van der Waals surface area contributed by atoms with Gasteiger partial charge in [0.25, 0.3) is 5.91 Å². The number of nitrogens with one attached hydrogen (secondary N) is 1. The van der Waals surface area contributed by atoms with Crippen molar-refractivity contribution in [1.82, 2.24) is 0 Å². The molecule has 1 spiro atoms. The molecule has 3 aliphatic rings. The van der Waals surface area contributed by atoms with Crippen LogP contribution in [0.2, 0.25) is 0 Å².